The summed E-state index contributed by atoms with van der Waals surface area (Å²) in [6.45, 7) is 3.20. The van der Waals surface area contributed by atoms with Crippen LogP contribution in [0.5, 0.6) is 5.75 Å². The molecule has 29 heavy (non-hydrogen) atoms. The molecular weight excluding hydrogens is 372 g/mol. The maximum Gasteiger partial charge on any atom is 0.251 e. The van der Waals surface area contributed by atoms with Crippen LogP contribution in [0.3, 0.4) is 0 Å². The molecule has 0 saturated heterocycles. The first-order valence-electron chi connectivity index (χ1n) is 9.46. The Balaban J connectivity index is 1.65. The number of nitrogens with zero attached hydrogens (tertiary/aromatic N) is 2. The van der Waals surface area contributed by atoms with Gasteiger partial charge in [0.05, 0.1) is 36.6 Å². The van der Waals surface area contributed by atoms with Crippen molar-refractivity contribution in [3.05, 3.63) is 47.8 Å². The van der Waals surface area contributed by atoms with Gasteiger partial charge in [-0.15, -0.1) is 0 Å². The van der Waals surface area contributed by atoms with E-state index in [1.807, 2.05) is 24.9 Å². The number of ether oxygens (including phenoxy) is 2. The molecule has 0 saturated carbocycles. The van der Waals surface area contributed by atoms with Gasteiger partial charge in [0, 0.05) is 32.5 Å². The molecule has 0 fully saturated rings. The molecule has 8 nitrogen and oxygen atoms in total. The molecule has 2 heterocycles. The number of likely N-dealkylation sites (N-methyl/N-ethyl adjacent to an activating group) is 1. The number of hydrogen-bond donors (Lipinski definition) is 2. The molecule has 1 aromatic heterocycles. The van der Waals surface area contributed by atoms with Crippen LogP contribution in [0.1, 0.15) is 22.3 Å². The van der Waals surface area contributed by atoms with Gasteiger partial charge in [-0.25, -0.2) is 0 Å². The third-order valence-electron chi connectivity index (χ3n) is 4.75. The molecule has 1 aromatic carbocycles. The van der Waals surface area contributed by atoms with Gasteiger partial charge in [-0.2, -0.15) is 0 Å². The number of amides is 2. The summed E-state index contributed by atoms with van der Waals surface area (Å²) in [6, 6.07) is 7.02. The van der Waals surface area contributed by atoms with Crippen molar-refractivity contribution in [3.63, 3.8) is 0 Å². The lowest BCUT2D eigenvalue weighted by atomic mass is 10.1. The predicted molar refractivity (Wildman–Crippen MR) is 111 cm³/mol. The van der Waals surface area contributed by atoms with Crippen molar-refractivity contribution in [1.29, 1.82) is 0 Å². The minimum Gasteiger partial charge on any atom is -0.489 e. The summed E-state index contributed by atoms with van der Waals surface area (Å²) in [7, 11) is 3.49. The van der Waals surface area contributed by atoms with Gasteiger partial charge in [-0.05, 0) is 36.8 Å². The predicted octanol–water partition coefficient (Wildman–Crippen LogP) is 1.99. The van der Waals surface area contributed by atoms with Crippen molar-refractivity contribution >= 4 is 23.2 Å². The number of carbonyl (C=O) groups excluding carboxylic acids is 2. The molecular formula is C21H26N4O4. The number of carbonyl (C=O) groups is 2. The Hall–Kier alpha value is -3.13. The van der Waals surface area contributed by atoms with Crippen molar-refractivity contribution in [2.45, 2.75) is 19.4 Å². The zero-order valence-electron chi connectivity index (χ0n) is 16.9. The van der Waals surface area contributed by atoms with Gasteiger partial charge in [0.2, 0.25) is 5.91 Å². The fourth-order valence-electron chi connectivity index (χ4n) is 3.16. The fourth-order valence-corrected chi connectivity index (χ4v) is 3.16. The van der Waals surface area contributed by atoms with Gasteiger partial charge in [-0.3, -0.25) is 14.6 Å². The fraction of sp³-hybridized carbons (Fsp3) is 0.381. The van der Waals surface area contributed by atoms with Crippen LogP contribution >= 0.6 is 0 Å². The molecule has 2 aromatic rings. The number of benzene rings is 1. The van der Waals surface area contributed by atoms with Crippen LogP contribution in [-0.2, 0) is 9.53 Å². The van der Waals surface area contributed by atoms with E-state index >= 15 is 0 Å². The molecule has 154 valence electrons. The lowest BCUT2D eigenvalue weighted by molar-refractivity contribution is -0.116. The second-order valence-corrected chi connectivity index (χ2v) is 7.01. The summed E-state index contributed by atoms with van der Waals surface area (Å²) in [5.41, 5.74) is 2.97. The number of pyridine rings is 1. The number of aromatic nitrogens is 1. The topological polar surface area (TPSA) is 92.8 Å². The summed E-state index contributed by atoms with van der Waals surface area (Å²) in [6.07, 6.45) is 3.61. The van der Waals surface area contributed by atoms with E-state index in [0.717, 1.165) is 11.3 Å². The number of methoxy groups -OCH3 is 1. The number of nitrogens with one attached hydrogen (secondary N) is 2. The molecule has 8 heteroatoms. The summed E-state index contributed by atoms with van der Waals surface area (Å²) in [4.78, 5) is 30.9. The van der Waals surface area contributed by atoms with Crippen LogP contribution in [0.4, 0.5) is 11.4 Å². The average Bonchev–Trinajstić information content (AvgIpc) is 2.70. The summed E-state index contributed by atoms with van der Waals surface area (Å²) >= 11 is 0. The second kappa shape index (κ2) is 9.38. The van der Waals surface area contributed by atoms with Crippen LogP contribution < -0.4 is 20.3 Å². The van der Waals surface area contributed by atoms with Crippen LogP contribution in [-0.4, -0.2) is 56.8 Å². The molecule has 2 N–H and O–H groups in total. The van der Waals surface area contributed by atoms with Crippen LogP contribution in [0, 0.1) is 6.92 Å². The third kappa shape index (κ3) is 5.23. The molecule has 1 aliphatic heterocycles. The number of hydrogen-bond acceptors (Lipinski definition) is 6. The lowest BCUT2D eigenvalue weighted by Gasteiger charge is -2.35. The van der Waals surface area contributed by atoms with Crippen molar-refractivity contribution in [2.75, 3.05) is 44.1 Å². The van der Waals surface area contributed by atoms with Gasteiger partial charge in [0.1, 0.15) is 12.4 Å². The molecule has 3 rings (SSSR count). The van der Waals surface area contributed by atoms with Crippen LogP contribution in [0.25, 0.3) is 0 Å². The molecule has 1 atom stereocenters. The normalized spacial score (nSPS) is 15.3. The van der Waals surface area contributed by atoms with Crippen molar-refractivity contribution in [3.8, 4) is 5.75 Å². The SMILES string of the molecule is COCCNC(=O)c1ccc2c(c1)N(C)[C@H](CC(=O)Nc1cncc(C)c1)CO2. The molecule has 1 aliphatic rings. The van der Waals surface area contributed by atoms with Crippen molar-refractivity contribution < 1.29 is 19.1 Å². The minimum absolute atomic E-state index is 0.116. The maximum absolute atomic E-state index is 12.5. The van der Waals surface area contributed by atoms with E-state index < -0.39 is 0 Å². The van der Waals surface area contributed by atoms with Gasteiger partial charge in [0.25, 0.3) is 5.91 Å². The Morgan fingerprint density at radius 3 is 2.90 bits per heavy atom. The molecule has 0 radical (unpaired) electrons. The second-order valence-electron chi connectivity index (χ2n) is 7.01. The van der Waals surface area contributed by atoms with E-state index in [1.54, 1.807) is 37.7 Å². The van der Waals surface area contributed by atoms with Crippen molar-refractivity contribution in [1.82, 2.24) is 10.3 Å². The Morgan fingerprint density at radius 1 is 1.31 bits per heavy atom. The van der Waals surface area contributed by atoms with Crippen LogP contribution in [0.15, 0.2) is 36.7 Å². The number of anilines is 2. The lowest BCUT2D eigenvalue weighted by Crippen LogP contribution is -2.42. The first-order valence-corrected chi connectivity index (χ1v) is 9.46. The van der Waals surface area contributed by atoms with E-state index in [9.17, 15) is 9.59 Å². The summed E-state index contributed by atoms with van der Waals surface area (Å²) < 4.78 is 10.8. The molecule has 0 spiro atoms. The zero-order chi connectivity index (χ0) is 20.8. The van der Waals surface area contributed by atoms with Gasteiger partial charge >= 0.3 is 0 Å². The third-order valence-corrected chi connectivity index (χ3v) is 4.75. The molecule has 0 unspecified atom stereocenters. The van der Waals surface area contributed by atoms with Crippen LogP contribution in [0.2, 0.25) is 0 Å². The largest absolute Gasteiger partial charge is 0.489 e. The average molecular weight is 398 g/mol. The Kier molecular flexibility index (Phi) is 6.66. The highest BCUT2D eigenvalue weighted by molar-refractivity contribution is 5.96. The van der Waals surface area contributed by atoms with E-state index in [2.05, 4.69) is 15.6 Å². The Labute approximate surface area is 170 Å². The highest BCUT2D eigenvalue weighted by atomic mass is 16.5. The van der Waals surface area contributed by atoms with Crippen molar-refractivity contribution in [2.24, 2.45) is 0 Å². The number of rotatable bonds is 7. The first-order chi connectivity index (χ1) is 14.0. The highest BCUT2D eigenvalue weighted by Crippen LogP contribution is 2.34. The highest BCUT2D eigenvalue weighted by Gasteiger charge is 2.27. The van der Waals surface area contributed by atoms with Gasteiger partial charge < -0.3 is 25.0 Å². The monoisotopic (exact) mass is 398 g/mol. The quantitative estimate of drug-likeness (QED) is 0.693. The smallest absolute Gasteiger partial charge is 0.251 e. The molecule has 0 bridgehead atoms. The van der Waals surface area contributed by atoms with E-state index in [0.29, 0.717) is 36.8 Å². The van der Waals surface area contributed by atoms with Gasteiger partial charge in [-0.1, -0.05) is 0 Å². The molecule has 2 amide bonds. The number of fused-ring (bicyclic) bond motifs is 1. The summed E-state index contributed by atoms with van der Waals surface area (Å²) in [5, 5.41) is 5.68. The minimum atomic E-state index is -0.176. The number of aryl methyl sites for hydroxylation is 1. The van der Waals surface area contributed by atoms with Gasteiger partial charge in [0.15, 0.2) is 0 Å². The Morgan fingerprint density at radius 2 is 2.14 bits per heavy atom. The maximum atomic E-state index is 12.5. The summed E-state index contributed by atoms with van der Waals surface area (Å²) in [5.74, 6) is 0.403. The zero-order valence-corrected chi connectivity index (χ0v) is 16.9. The van der Waals surface area contributed by atoms with E-state index in [4.69, 9.17) is 9.47 Å². The van der Waals surface area contributed by atoms with E-state index in [-0.39, 0.29) is 24.3 Å². The van der Waals surface area contributed by atoms with E-state index in [1.165, 1.54) is 0 Å². The first kappa shape index (κ1) is 20.6. The Bertz CT molecular complexity index is 887. The molecule has 0 aliphatic carbocycles. The standard InChI is InChI=1S/C21H26N4O4/c1-14-8-16(12-22-11-14)24-20(26)10-17-13-29-19-5-4-15(9-18(19)25(17)2)21(27)23-6-7-28-3/h4-5,8-9,11-12,17H,6-7,10,13H2,1-3H3,(H,23,27)(H,24,26)/t17-/m1/s1.